The van der Waals surface area contributed by atoms with Crippen LogP contribution in [-0.4, -0.2) is 91.4 Å². The Morgan fingerprint density at radius 3 is 2.49 bits per heavy atom. The van der Waals surface area contributed by atoms with E-state index in [9.17, 15) is 22.8 Å². The van der Waals surface area contributed by atoms with Crippen molar-refractivity contribution in [3.05, 3.63) is 72.8 Å². The second-order valence-electron chi connectivity index (χ2n) is 18.0. The number of pyridine rings is 1. The standard InChI is InChI=1S/C46H55N5O9S/c1-5-31-25-46(31,43(54)50-61(56,57)33-18-19-33)49-41(52)37-22-32-26-51(37)42(53)40(29-15-10-7-11-16-29)48-44(55)59-27-45(2,3)20-12-17-30-21-34-36(24-38(30)58-4)47-35(23-39(34)60-32)28-13-8-6-9-14-28/h5-6,8-9,12-14,17,21,23-24,29,31-33,37,40H,1,7,10-11,15-16,18-20,22,25-27H2,2-4H3,(H,48,55)(H,49,52)(H,50,54)/b17-12+/t31-,32+,37-,40-,46+/m0/s1. The second-order valence-corrected chi connectivity index (χ2v) is 20.0. The molecule has 324 valence electrons. The van der Waals surface area contributed by atoms with Crippen LogP contribution in [0.5, 0.6) is 11.5 Å². The number of cyclic esters (lactones) is 1. The number of hydrogen-bond donors (Lipinski definition) is 3. The molecule has 0 radical (unpaired) electrons. The highest BCUT2D eigenvalue weighted by Gasteiger charge is 2.62. The van der Waals surface area contributed by atoms with E-state index in [1.165, 1.54) is 11.0 Å². The van der Waals surface area contributed by atoms with Gasteiger partial charge in [-0.15, -0.1) is 6.58 Å². The normalized spacial score (nSPS) is 27.4. The fourth-order valence-corrected chi connectivity index (χ4v) is 10.4. The van der Waals surface area contributed by atoms with Crippen molar-refractivity contribution in [2.24, 2.45) is 17.3 Å². The number of benzene rings is 2. The van der Waals surface area contributed by atoms with Gasteiger partial charge in [-0.05, 0) is 50.5 Å². The lowest BCUT2D eigenvalue weighted by Gasteiger charge is -2.35. The molecule has 4 bridgehead atoms. The van der Waals surface area contributed by atoms with Gasteiger partial charge >= 0.3 is 6.09 Å². The highest BCUT2D eigenvalue weighted by atomic mass is 32.2. The zero-order chi connectivity index (χ0) is 43.1. The molecule has 0 spiro atoms. The fraction of sp³-hybridized carbons (Fsp3) is 0.500. The highest BCUT2D eigenvalue weighted by Crippen LogP contribution is 2.46. The molecule has 3 aromatic rings. The molecule has 3 saturated carbocycles. The van der Waals surface area contributed by atoms with E-state index in [2.05, 4.69) is 21.9 Å². The number of carbonyl (C=O) groups excluding carboxylic acids is 4. The zero-order valence-corrected chi connectivity index (χ0v) is 35.8. The third-order valence-electron chi connectivity index (χ3n) is 12.8. The number of hydrogen-bond acceptors (Lipinski definition) is 10. The molecule has 4 fully saturated rings. The van der Waals surface area contributed by atoms with Crippen LogP contribution >= 0.6 is 0 Å². The number of sulfonamides is 1. The number of alkyl carbamates (subject to hydrolysis) is 1. The first-order chi connectivity index (χ1) is 29.2. The maximum absolute atomic E-state index is 15.0. The molecule has 61 heavy (non-hydrogen) atoms. The van der Waals surface area contributed by atoms with Crippen molar-refractivity contribution >= 4 is 50.8 Å². The van der Waals surface area contributed by atoms with Gasteiger partial charge in [0, 0.05) is 46.4 Å². The number of aromatic nitrogens is 1. The van der Waals surface area contributed by atoms with Gasteiger partial charge in [0.05, 0.1) is 36.7 Å². The van der Waals surface area contributed by atoms with Gasteiger partial charge in [-0.1, -0.05) is 81.7 Å². The molecule has 15 heteroatoms. The summed E-state index contributed by atoms with van der Waals surface area (Å²) in [6.07, 6.45) is 9.91. The number of carbonyl (C=O) groups is 4. The summed E-state index contributed by atoms with van der Waals surface area (Å²) in [6.45, 7) is 7.87. The molecule has 3 heterocycles. The van der Waals surface area contributed by atoms with Crippen LogP contribution in [0.1, 0.15) is 83.6 Å². The Balaban J connectivity index is 1.20. The smallest absolute Gasteiger partial charge is 0.407 e. The second kappa shape index (κ2) is 16.8. The fourth-order valence-electron chi connectivity index (χ4n) is 9.00. The minimum absolute atomic E-state index is 0.0164. The van der Waals surface area contributed by atoms with Crippen LogP contribution in [0.3, 0.4) is 0 Å². The Bertz CT molecular complexity index is 2360. The first-order valence-corrected chi connectivity index (χ1v) is 22.9. The van der Waals surface area contributed by atoms with Gasteiger partial charge < -0.3 is 29.7 Å². The third kappa shape index (κ3) is 8.98. The molecule has 0 unspecified atom stereocenters. The number of allylic oxidation sites excluding steroid dienone is 1. The van der Waals surface area contributed by atoms with Crippen LogP contribution in [-0.2, 0) is 29.1 Å². The van der Waals surface area contributed by atoms with Crippen molar-refractivity contribution in [1.29, 1.82) is 0 Å². The van der Waals surface area contributed by atoms with E-state index >= 15 is 4.79 Å². The van der Waals surface area contributed by atoms with Gasteiger partial charge in [-0.3, -0.25) is 19.1 Å². The van der Waals surface area contributed by atoms with Gasteiger partial charge in [0.1, 0.15) is 35.2 Å². The van der Waals surface area contributed by atoms with Crippen LogP contribution in [0.2, 0.25) is 0 Å². The molecular formula is C46H55N5O9S. The molecule has 3 N–H and O–H groups in total. The summed E-state index contributed by atoms with van der Waals surface area (Å²) >= 11 is 0. The zero-order valence-electron chi connectivity index (χ0n) is 35.0. The predicted octanol–water partition coefficient (Wildman–Crippen LogP) is 6.05. The summed E-state index contributed by atoms with van der Waals surface area (Å²) < 4.78 is 46.5. The molecule has 4 amide bonds. The Morgan fingerprint density at radius 2 is 1.80 bits per heavy atom. The molecule has 2 aliphatic heterocycles. The maximum Gasteiger partial charge on any atom is 0.407 e. The molecule has 5 aliphatic rings. The van der Waals surface area contributed by atoms with Crippen molar-refractivity contribution in [2.45, 2.75) is 107 Å². The number of ether oxygens (including phenoxy) is 3. The molecule has 8 rings (SSSR count). The van der Waals surface area contributed by atoms with Gasteiger partial charge in [-0.25, -0.2) is 18.2 Å². The van der Waals surface area contributed by atoms with Crippen LogP contribution < -0.4 is 24.8 Å². The van der Waals surface area contributed by atoms with Crippen LogP contribution in [0.25, 0.3) is 28.2 Å². The average Bonchev–Trinajstić information content (AvgIpc) is 4.18. The minimum Gasteiger partial charge on any atom is -0.496 e. The van der Waals surface area contributed by atoms with Gasteiger partial charge in [0.15, 0.2) is 0 Å². The summed E-state index contributed by atoms with van der Waals surface area (Å²) in [5.74, 6) is -1.57. The Hall–Kier alpha value is -5.44. The van der Waals surface area contributed by atoms with Gasteiger partial charge in [0.2, 0.25) is 21.8 Å². The number of rotatable bonds is 9. The molecule has 2 aromatic carbocycles. The summed E-state index contributed by atoms with van der Waals surface area (Å²) in [5.41, 5.74) is 0.868. The maximum atomic E-state index is 15.0. The lowest BCUT2D eigenvalue weighted by molar-refractivity contribution is -0.142. The van der Waals surface area contributed by atoms with Crippen LogP contribution in [0, 0.1) is 17.3 Å². The van der Waals surface area contributed by atoms with E-state index in [0.29, 0.717) is 60.2 Å². The predicted molar refractivity (Wildman–Crippen MR) is 230 cm³/mol. The topological polar surface area (TPSA) is 182 Å². The van der Waals surface area contributed by atoms with E-state index in [1.807, 2.05) is 74.5 Å². The first kappa shape index (κ1) is 42.3. The average molecular weight is 854 g/mol. The van der Waals surface area contributed by atoms with Crippen molar-refractivity contribution in [3.8, 4) is 22.8 Å². The SMILES string of the molecule is C=C[C@H]1C[C@]1(NC(=O)[C@@H]1C[C@@H]2CN1C(=O)[C@H](C1CCCCC1)NC(=O)OCC(C)(C)C/C=C/c1cc3c(cc(-c4ccccc4)nc3cc1OC)O2)C(=O)NS(=O)(=O)C1CC1. The molecule has 14 nitrogen and oxygen atoms in total. The number of methoxy groups -OCH3 is 1. The summed E-state index contributed by atoms with van der Waals surface area (Å²) in [4.78, 5) is 63.5. The largest absolute Gasteiger partial charge is 0.496 e. The summed E-state index contributed by atoms with van der Waals surface area (Å²) in [5, 5.41) is 5.83. The lowest BCUT2D eigenvalue weighted by Crippen LogP contribution is -2.59. The van der Waals surface area contributed by atoms with Crippen molar-refractivity contribution in [2.75, 3.05) is 20.3 Å². The monoisotopic (exact) mass is 853 g/mol. The highest BCUT2D eigenvalue weighted by molar-refractivity contribution is 7.91. The van der Waals surface area contributed by atoms with E-state index in [-0.39, 0.29) is 31.9 Å². The summed E-state index contributed by atoms with van der Waals surface area (Å²) in [6, 6.07) is 13.2. The number of nitrogens with zero attached hydrogens (tertiary/aromatic N) is 2. The molecular weight excluding hydrogens is 799 g/mol. The molecule has 1 saturated heterocycles. The van der Waals surface area contributed by atoms with Gasteiger partial charge in [-0.2, -0.15) is 0 Å². The minimum atomic E-state index is -3.92. The van der Waals surface area contributed by atoms with Crippen molar-refractivity contribution in [3.63, 3.8) is 0 Å². The number of fused-ring (bicyclic) bond motifs is 3. The number of nitrogens with one attached hydrogen (secondary N) is 3. The molecule has 5 atom stereocenters. The third-order valence-corrected chi connectivity index (χ3v) is 14.6. The first-order valence-electron chi connectivity index (χ1n) is 21.4. The number of amides is 4. The van der Waals surface area contributed by atoms with Crippen molar-refractivity contribution < 1.29 is 41.8 Å². The van der Waals surface area contributed by atoms with Gasteiger partial charge in [0.25, 0.3) is 5.91 Å². The van der Waals surface area contributed by atoms with Crippen LogP contribution in [0.15, 0.2) is 67.3 Å². The Labute approximate surface area is 356 Å². The Kier molecular flexibility index (Phi) is 11.6. The Morgan fingerprint density at radius 1 is 1.05 bits per heavy atom. The van der Waals surface area contributed by atoms with Crippen LogP contribution in [0.4, 0.5) is 4.79 Å². The van der Waals surface area contributed by atoms with Crippen molar-refractivity contribution in [1.82, 2.24) is 25.2 Å². The quantitative estimate of drug-likeness (QED) is 0.215. The molecule has 1 aromatic heterocycles. The summed E-state index contributed by atoms with van der Waals surface area (Å²) in [7, 11) is -2.32. The van der Waals surface area contributed by atoms with E-state index in [0.717, 1.165) is 30.4 Å². The molecule has 3 aliphatic carbocycles. The lowest BCUT2D eigenvalue weighted by atomic mass is 9.83. The van der Waals surface area contributed by atoms with E-state index in [4.69, 9.17) is 19.2 Å². The van der Waals surface area contributed by atoms with E-state index in [1.54, 1.807) is 7.11 Å². The van der Waals surface area contributed by atoms with E-state index < -0.39 is 74.1 Å².